The molecular weight excluding hydrogens is 584 g/mol. The van der Waals surface area contributed by atoms with Crippen molar-refractivity contribution in [3.05, 3.63) is 41.4 Å². The van der Waals surface area contributed by atoms with Crippen LogP contribution >= 0.6 is 11.6 Å². The summed E-state index contributed by atoms with van der Waals surface area (Å²) < 4.78 is 33.6. The van der Waals surface area contributed by atoms with Crippen molar-refractivity contribution in [3.8, 4) is 0 Å². The summed E-state index contributed by atoms with van der Waals surface area (Å²) in [5.74, 6) is -2.26. The van der Waals surface area contributed by atoms with E-state index in [0.29, 0.717) is 43.7 Å². The van der Waals surface area contributed by atoms with Crippen LogP contribution in [0.25, 0.3) is 0 Å². The Bertz CT molecular complexity index is 1340. The third kappa shape index (κ3) is 7.63. The number of hydrogen-bond acceptors (Lipinski definition) is 7. The van der Waals surface area contributed by atoms with Gasteiger partial charge in [0.1, 0.15) is 11.6 Å². The minimum Gasteiger partial charge on any atom is -0.436 e. The Morgan fingerprint density at radius 2 is 1.79 bits per heavy atom. The molecule has 4 amide bonds. The molecule has 1 aromatic carbocycles. The molecule has 1 aliphatic carbocycles. The molecule has 1 aromatic rings. The predicted octanol–water partition coefficient (Wildman–Crippen LogP) is 3.42. The molecule has 1 saturated carbocycles. The number of amides is 4. The number of rotatable bonds is 4. The molecule has 0 spiro atoms. The number of sulfonamides is 1. The predicted molar refractivity (Wildman–Crippen MR) is 156 cm³/mol. The van der Waals surface area contributed by atoms with Crippen molar-refractivity contribution in [1.29, 1.82) is 0 Å². The Kier molecular flexibility index (Phi) is 9.56. The van der Waals surface area contributed by atoms with Gasteiger partial charge in [-0.25, -0.2) is 17.9 Å². The second-order valence-corrected chi connectivity index (χ2v) is 14.3. The van der Waals surface area contributed by atoms with Crippen LogP contribution in [0.4, 0.5) is 4.79 Å². The average Bonchev–Trinajstić information content (AvgIpc) is 3.35. The number of carbonyl (C=O) groups is 4. The van der Waals surface area contributed by atoms with E-state index < -0.39 is 63.0 Å². The van der Waals surface area contributed by atoms with Gasteiger partial charge in [-0.1, -0.05) is 30.2 Å². The lowest BCUT2D eigenvalue weighted by molar-refractivity contribution is -0.146. The molecule has 0 unspecified atom stereocenters. The quantitative estimate of drug-likeness (QED) is 0.435. The molecule has 0 radical (unpaired) electrons. The number of nitrogens with zero attached hydrogens (tertiary/aromatic N) is 1. The monoisotopic (exact) mass is 622 g/mol. The number of alkyl carbamates (subject to hydrolysis) is 1. The summed E-state index contributed by atoms with van der Waals surface area (Å²) in [5, 5.41) is 5.85. The van der Waals surface area contributed by atoms with Crippen LogP contribution in [0.1, 0.15) is 72.1 Å². The third-order valence-electron chi connectivity index (χ3n) is 7.66. The number of fused-ring (bicyclic) bond motifs is 2. The highest BCUT2D eigenvalue weighted by Crippen LogP contribution is 2.45. The molecule has 230 valence electrons. The Morgan fingerprint density at radius 3 is 2.48 bits per heavy atom. The molecule has 1 saturated heterocycles. The van der Waals surface area contributed by atoms with Gasteiger partial charge in [0.25, 0.3) is 21.8 Å². The van der Waals surface area contributed by atoms with E-state index in [9.17, 15) is 27.6 Å². The van der Waals surface area contributed by atoms with E-state index in [1.165, 1.54) is 29.2 Å². The molecule has 2 aliphatic heterocycles. The van der Waals surface area contributed by atoms with Crippen molar-refractivity contribution in [1.82, 2.24) is 20.3 Å². The Balaban J connectivity index is 1.56. The molecule has 3 aliphatic rings. The van der Waals surface area contributed by atoms with Crippen LogP contribution in [0.5, 0.6) is 0 Å². The molecule has 42 heavy (non-hydrogen) atoms. The van der Waals surface area contributed by atoms with E-state index in [1.807, 2.05) is 12.2 Å². The lowest BCUT2D eigenvalue weighted by atomic mass is 10.1. The summed E-state index contributed by atoms with van der Waals surface area (Å²) in [7, 11) is -4.23. The van der Waals surface area contributed by atoms with E-state index in [1.54, 1.807) is 20.8 Å². The highest BCUT2D eigenvalue weighted by molar-refractivity contribution is 7.90. The first-order valence-corrected chi connectivity index (χ1v) is 16.2. The Morgan fingerprint density at radius 1 is 1.07 bits per heavy atom. The molecule has 0 aromatic heterocycles. The zero-order valence-corrected chi connectivity index (χ0v) is 25.7. The van der Waals surface area contributed by atoms with Gasteiger partial charge in [-0.2, -0.15) is 0 Å². The normalized spacial score (nSPS) is 27.0. The van der Waals surface area contributed by atoms with Gasteiger partial charge in [0.2, 0.25) is 5.91 Å². The van der Waals surface area contributed by atoms with Crippen molar-refractivity contribution >= 4 is 45.4 Å². The number of hydrogen-bond donors (Lipinski definition) is 3. The number of nitrogens with one attached hydrogen (secondary N) is 3. The molecule has 13 heteroatoms. The van der Waals surface area contributed by atoms with Gasteiger partial charge in [-0.3, -0.25) is 14.4 Å². The minimum atomic E-state index is -4.23. The van der Waals surface area contributed by atoms with Gasteiger partial charge in [-0.05, 0) is 90.0 Å². The second kappa shape index (κ2) is 12.6. The molecular formula is C29H39ClN4O7S. The third-order valence-corrected chi connectivity index (χ3v) is 9.26. The van der Waals surface area contributed by atoms with Gasteiger partial charge in [0.05, 0.1) is 4.90 Å². The zero-order valence-electron chi connectivity index (χ0n) is 24.2. The molecule has 3 N–H and O–H groups in total. The molecule has 4 atom stereocenters. The van der Waals surface area contributed by atoms with Crippen molar-refractivity contribution in [2.24, 2.45) is 5.92 Å². The summed E-state index contributed by atoms with van der Waals surface area (Å²) in [4.78, 5) is 54.6. The van der Waals surface area contributed by atoms with E-state index in [4.69, 9.17) is 16.3 Å². The summed E-state index contributed by atoms with van der Waals surface area (Å²) in [5.41, 5.74) is -2.04. The van der Waals surface area contributed by atoms with Gasteiger partial charge in [0, 0.05) is 23.0 Å². The highest BCUT2D eigenvalue weighted by atomic mass is 35.5. The van der Waals surface area contributed by atoms with E-state index in [-0.39, 0.29) is 11.3 Å². The van der Waals surface area contributed by atoms with Crippen LogP contribution in [0.15, 0.2) is 41.3 Å². The summed E-state index contributed by atoms with van der Waals surface area (Å²) in [6, 6.07) is 4.50. The van der Waals surface area contributed by atoms with Crippen molar-refractivity contribution < 1.29 is 32.3 Å². The first-order valence-electron chi connectivity index (χ1n) is 14.3. The standard InChI is InChI=1S/C29H39ClN4O7S/c1-28(2,3)32-27(38)41-23-12-8-6-4-5-7-10-19-18-29(19,31-24(35)22-11-9-17-34(22)25(23)36)26(37)33-42(39,40)21-15-13-20(30)14-16-21/h7,10,13-16,19,22-23H,4-6,8-9,11-12,17-18H2,1-3H3,(H,31,35)(H,32,38)(H,33,37)/t19-,22+,23+,29-/m1/s1. The van der Waals surface area contributed by atoms with Crippen molar-refractivity contribution in [2.45, 2.75) is 100 Å². The fraction of sp³-hybridized carbons (Fsp3) is 0.586. The van der Waals surface area contributed by atoms with Crippen LogP contribution in [0.2, 0.25) is 5.02 Å². The second-order valence-electron chi connectivity index (χ2n) is 12.2. The molecule has 11 nitrogen and oxygen atoms in total. The SMILES string of the molecule is CC(C)(C)NC(=O)O[C@H]1CCCCCC=C[C@@H]2C[C@@]2(C(=O)NS(=O)(=O)c2ccc(Cl)cc2)NC(=O)[C@@H]2CCCN2C1=O. The van der Waals surface area contributed by atoms with Crippen LogP contribution in [0.3, 0.4) is 0 Å². The Labute approximate surface area is 251 Å². The van der Waals surface area contributed by atoms with E-state index >= 15 is 0 Å². The van der Waals surface area contributed by atoms with Crippen LogP contribution in [0, 0.1) is 5.92 Å². The number of allylic oxidation sites excluding steroid dienone is 1. The number of ether oxygens (including phenoxy) is 1. The lowest BCUT2D eigenvalue weighted by Crippen LogP contribution is -2.57. The maximum atomic E-state index is 13.6. The van der Waals surface area contributed by atoms with Crippen molar-refractivity contribution in [3.63, 3.8) is 0 Å². The zero-order chi connectivity index (χ0) is 30.7. The van der Waals surface area contributed by atoms with Gasteiger partial charge >= 0.3 is 6.09 Å². The topological polar surface area (TPSA) is 151 Å². The molecule has 2 fully saturated rings. The Hall–Kier alpha value is -3.12. The fourth-order valence-electron chi connectivity index (χ4n) is 5.39. The number of carbonyl (C=O) groups excluding carboxylic acids is 4. The lowest BCUT2D eigenvalue weighted by Gasteiger charge is -2.30. The highest BCUT2D eigenvalue weighted by Gasteiger charge is 2.61. The fourth-order valence-corrected chi connectivity index (χ4v) is 6.55. The maximum absolute atomic E-state index is 13.6. The van der Waals surface area contributed by atoms with Crippen LogP contribution in [-0.2, 0) is 29.1 Å². The summed E-state index contributed by atoms with van der Waals surface area (Å²) >= 11 is 5.87. The number of benzene rings is 1. The van der Waals surface area contributed by atoms with Gasteiger partial charge in [-0.15, -0.1) is 0 Å². The number of halogens is 1. The van der Waals surface area contributed by atoms with Crippen LogP contribution in [-0.4, -0.2) is 66.9 Å². The van der Waals surface area contributed by atoms with Gasteiger partial charge in [0.15, 0.2) is 6.10 Å². The molecule has 2 heterocycles. The first-order chi connectivity index (χ1) is 19.7. The van der Waals surface area contributed by atoms with E-state index in [2.05, 4.69) is 15.4 Å². The summed E-state index contributed by atoms with van der Waals surface area (Å²) in [6.07, 6.45) is 6.40. The van der Waals surface area contributed by atoms with Crippen LogP contribution < -0.4 is 15.4 Å². The maximum Gasteiger partial charge on any atom is 0.408 e. The van der Waals surface area contributed by atoms with Gasteiger partial charge < -0.3 is 20.3 Å². The van der Waals surface area contributed by atoms with Crippen molar-refractivity contribution in [2.75, 3.05) is 6.54 Å². The molecule has 0 bridgehead atoms. The average molecular weight is 623 g/mol. The first kappa shape index (κ1) is 31.8. The minimum absolute atomic E-state index is 0.137. The largest absolute Gasteiger partial charge is 0.436 e. The molecule has 4 rings (SSSR count). The van der Waals surface area contributed by atoms with E-state index in [0.717, 1.165) is 12.8 Å². The summed E-state index contributed by atoms with van der Waals surface area (Å²) in [6.45, 7) is 5.71. The smallest absolute Gasteiger partial charge is 0.408 e.